The molecule has 0 radical (unpaired) electrons. The topological polar surface area (TPSA) is 125 Å². The Kier molecular flexibility index (Phi) is 8.01. The van der Waals surface area contributed by atoms with Crippen molar-refractivity contribution in [3.63, 3.8) is 0 Å². The normalized spacial score (nSPS) is 19.4. The van der Waals surface area contributed by atoms with Crippen LogP contribution in [0.15, 0.2) is 24.3 Å². The van der Waals surface area contributed by atoms with Gasteiger partial charge in [-0.05, 0) is 31.2 Å². The quantitative estimate of drug-likeness (QED) is 0.273. The largest absolute Gasteiger partial charge is 0.465 e. The molecule has 0 aromatic heterocycles. The van der Waals surface area contributed by atoms with Crippen LogP contribution in [0.2, 0.25) is 0 Å². The first-order valence-electron chi connectivity index (χ1n) is 10.5. The van der Waals surface area contributed by atoms with Gasteiger partial charge in [0.15, 0.2) is 0 Å². The molecule has 0 bridgehead atoms. The zero-order chi connectivity index (χ0) is 23.1. The second-order valence-electron chi connectivity index (χ2n) is 7.54. The van der Waals surface area contributed by atoms with Crippen molar-refractivity contribution < 1.29 is 28.6 Å². The Balaban J connectivity index is 1.48. The summed E-state index contributed by atoms with van der Waals surface area (Å²) < 4.78 is 15.0. The third-order valence-corrected chi connectivity index (χ3v) is 5.34. The molecule has 2 saturated heterocycles. The standard InChI is InChI=1S/C21H29N5O6/c1-3-31-18(27)14-25-10-8-24(9-11-25)12-17-13-26(21(29)32-17)16-6-4-15(5-7-16)19(22)23-20(28)30-2/h4-7,17H,3,8-14H2,1-2H3,(H2,22,23,28)/t17-/m1/s1. The van der Waals surface area contributed by atoms with E-state index < -0.39 is 12.2 Å². The Morgan fingerprint density at radius 2 is 1.81 bits per heavy atom. The zero-order valence-corrected chi connectivity index (χ0v) is 18.3. The van der Waals surface area contributed by atoms with Gasteiger partial charge in [0, 0.05) is 44.0 Å². The van der Waals surface area contributed by atoms with Crippen LogP contribution in [-0.2, 0) is 19.0 Å². The van der Waals surface area contributed by atoms with E-state index >= 15 is 0 Å². The fraction of sp³-hybridized carbons (Fsp3) is 0.524. The minimum atomic E-state index is -0.716. The SMILES string of the molecule is CCOC(=O)CN1CCN(C[C@@H]2CN(c3ccc(C(=N)NC(=O)OC)cc3)C(=O)O2)CC1. The number of carbonyl (C=O) groups excluding carboxylic acids is 3. The summed E-state index contributed by atoms with van der Waals surface area (Å²) in [4.78, 5) is 41.1. The molecule has 2 fully saturated rings. The lowest BCUT2D eigenvalue weighted by Crippen LogP contribution is -2.50. The molecule has 174 valence electrons. The number of amides is 2. The average molecular weight is 447 g/mol. The minimum Gasteiger partial charge on any atom is -0.465 e. The van der Waals surface area contributed by atoms with E-state index in [1.165, 1.54) is 7.11 Å². The number of rotatable bonds is 7. The van der Waals surface area contributed by atoms with E-state index in [9.17, 15) is 14.4 Å². The monoisotopic (exact) mass is 447 g/mol. The minimum absolute atomic E-state index is 0.0904. The Morgan fingerprint density at radius 1 is 1.16 bits per heavy atom. The molecule has 1 atom stereocenters. The molecule has 0 spiro atoms. The van der Waals surface area contributed by atoms with Gasteiger partial charge in [0.25, 0.3) is 0 Å². The first-order chi connectivity index (χ1) is 15.4. The molecule has 2 aliphatic rings. The number of piperazine rings is 1. The van der Waals surface area contributed by atoms with Gasteiger partial charge in [0.2, 0.25) is 0 Å². The number of hydrogen-bond acceptors (Lipinski definition) is 9. The van der Waals surface area contributed by atoms with Gasteiger partial charge < -0.3 is 14.2 Å². The summed E-state index contributed by atoms with van der Waals surface area (Å²) in [5.74, 6) is -0.295. The molecule has 1 aromatic carbocycles. The predicted octanol–water partition coefficient (Wildman–Crippen LogP) is 0.874. The van der Waals surface area contributed by atoms with Crippen molar-refractivity contribution in [2.24, 2.45) is 0 Å². The smallest absolute Gasteiger partial charge is 0.414 e. The number of alkyl carbamates (subject to hydrolysis) is 1. The van der Waals surface area contributed by atoms with Crippen molar-refractivity contribution in [1.29, 1.82) is 5.41 Å². The number of nitrogens with zero attached hydrogens (tertiary/aromatic N) is 3. The maximum atomic E-state index is 12.4. The van der Waals surface area contributed by atoms with Gasteiger partial charge in [-0.2, -0.15) is 0 Å². The van der Waals surface area contributed by atoms with E-state index in [4.69, 9.17) is 14.9 Å². The number of ether oxygens (including phenoxy) is 3. The number of cyclic esters (lactones) is 1. The van der Waals surface area contributed by atoms with Crippen molar-refractivity contribution in [3.8, 4) is 0 Å². The summed E-state index contributed by atoms with van der Waals surface area (Å²) in [5, 5.41) is 10.2. The zero-order valence-electron chi connectivity index (χ0n) is 18.3. The molecule has 0 unspecified atom stereocenters. The molecule has 2 aliphatic heterocycles. The average Bonchev–Trinajstić information content (AvgIpc) is 3.15. The summed E-state index contributed by atoms with van der Waals surface area (Å²) in [6.45, 7) is 6.64. The molecule has 2 N–H and O–H groups in total. The van der Waals surface area contributed by atoms with Crippen LogP contribution in [-0.4, -0.2) is 99.4 Å². The number of methoxy groups -OCH3 is 1. The van der Waals surface area contributed by atoms with Gasteiger partial charge in [-0.25, -0.2) is 9.59 Å². The number of hydrogen-bond donors (Lipinski definition) is 2. The van der Waals surface area contributed by atoms with Crippen molar-refractivity contribution in [2.45, 2.75) is 13.0 Å². The lowest BCUT2D eigenvalue weighted by Gasteiger charge is -2.34. The fourth-order valence-electron chi connectivity index (χ4n) is 3.67. The van der Waals surface area contributed by atoms with Crippen molar-refractivity contribution in [2.75, 3.05) is 64.4 Å². The number of carbonyl (C=O) groups is 3. The highest BCUT2D eigenvalue weighted by atomic mass is 16.6. The van der Waals surface area contributed by atoms with Crippen LogP contribution in [0.1, 0.15) is 12.5 Å². The fourth-order valence-corrected chi connectivity index (χ4v) is 3.67. The van der Waals surface area contributed by atoms with E-state index in [2.05, 4.69) is 19.9 Å². The molecule has 0 saturated carbocycles. The summed E-state index contributed by atoms with van der Waals surface area (Å²) in [7, 11) is 1.23. The Labute approximate surface area is 186 Å². The van der Waals surface area contributed by atoms with Gasteiger partial charge in [0.05, 0.1) is 26.8 Å². The van der Waals surface area contributed by atoms with E-state index in [0.717, 1.165) is 26.2 Å². The summed E-state index contributed by atoms with van der Waals surface area (Å²) in [5.41, 5.74) is 1.15. The van der Waals surface area contributed by atoms with Crippen molar-refractivity contribution in [3.05, 3.63) is 29.8 Å². The number of benzene rings is 1. The van der Waals surface area contributed by atoms with Crippen LogP contribution in [0.25, 0.3) is 0 Å². The molecule has 1 aromatic rings. The number of nitrogens with one attached hydrogen (secondary N) is 2. The van der Waals surface area contributed by atoms with Gasteiger partial charge in [0.1, 0.15) is 11.9 Å². The van der Waals surface area contributed by atoms with Crippen molar-refractivity contribution in [1.82, 2.24) is 15.1 Å². The Morgan fingerprint density at radius 3 is 2.44 bits per heavy atom. The second-order valence-corrected chi connectivity index (χ2v) is 7.54. The van der Waals surface area contributed by atoms with Crippen LogP contribution in [0.4, 0.5) is 15.3 Å². The van der Waals surface area contributed by atoms with Crippen LogP contribution in [0.3, 0.4) is 0 Å². The van der Waals surface area contributed by atoms with Gasteiger partial charge >= 0.3 is 18.2 Å². The molecule has 11 nitrogen and oxygen atoms in total. The molecule has 11 heteroatoms. The maximum Gasteiger partial charge on any atom is 0.414 e. The lowest BCUT2D eigenvalue weighted by atomic mass is 10.1. The van der Waals surface area contributed by atoms with E-state index in [0.29, 0.717) is 37.5 Å². The van der Waals surface area contributed by atoms with E-state index in [-0.39, 0.29) is 17.9 Å². The molecule has 2 heterocycles. The third kappa shape index (κ3) is 6.17. The van der Waals surface area contributed by atoms with Crippen LogP contribution < -0.4 is 10.2 Å². The van der Waals surface area contributed by atoms with Crippen LogP contribution in [0, 0.1) is 5.41 Å². The maximum absolute atomic E-state index is 12.4. The van der Waals surface area contributed by atoms with Crippen LogP contribution >= 0.6 is 0 Å². The second kappa shape index (κ2) is 10.9. The first kappa shape index (κ1) is 23.5. The molecular weight excluding hydrogens is 418 g/mol. The highest BCUT2D eigenvalue weighted by molar-refractivity contribution is 6.04. The Bertz CT molecular complexity index is 838. The van der Waals surface area contributed by atoms with Crippen molar-refractivity contribution >= 4 is 29.7 Å². The molecule has 32 heavy (non-hydrogen) atoms. The summed E-state index contributed by atoms with van der Waals surface area (Å²) in [6.07, 6.45) is -1.38. The van der Waals surface area contributed by atoms with Gasteiger partial charge in [-0.15, -0.1) is 0 Å². The number of esters is 1. The molecule has 0 aliphatic carbocycles. The highest BCUT2D eigenvalue weighted by Crippen LogP contribution is 2.23. The van der Waals surface area contributed by atoms with E-state index in [1.807, 2.05) is 0 Å². The third-order valence-electron chi connectivity index (χ3n) is 5.34. The van der Waals surface area contributed by atoms with Crippen LogP contribution in [0.5, 0.6) is 0 Å². The van der Waals surface area contributed by atoms with E-state index in [1.54, 1.807) is 36.1 Å². The summed E-state index contributed by atoms with van der Waals surface area (Å²) >= 11 is 0. The summed E-state index contributed by atoms with van der Waals surface area (Å²) in [6, 6.07) is 6.72. The highest BCUT2D eigenvalue weighted by Gasteiger charge is 2.34. The number of amidine groups is 1. The first-order valence-corrected chi connectivity index (χ1v) is 10.5. The molecule has 2 amide bonds. The van der Waals surface area contributed by atoms with Gasteiger partial charge in [-0.1, -0.05) is 0 Å². The lowest BCUT2D eigenvalue weighted by molar-refractivity contribution is -0.144. The van der Waals surface area contributed by atoms with Gasteiger partial charge in [-0.3, -0.25) is 30.2 Å². The molecular formula is C21H29N5O6. The Hall–Kier alpha value is -3.18. The predicted molar refractivity (Wildman–Crippen MR) is 116 cm³/mol. The molecule has 3 rings (SSSR count). The number of anilines is 1.